The SMILES string of the molecule is NS(=O)(=O)c1nccc(-c2ccccc2)c1C1NNNN1. The fourth-order valence-electron chi connectivity index (χ4n) is 2.23. The van der Waals surface area contributed by atoms with Gasteiger partial charge in [0.2, 0.25) is 0 Å². The molecule has 0 amide bonds. The molecule has 21 heavy (non-hydrogen) atoms. The van der Waals surface area contributed by atoms with Crippen molar-refractivity contribution < 1.29 is 8.42 Å². The van der Waals surface area contributed by atoms with Crippen molar-refractivity contribution in [3.8, 4) is 11.1 Å². The molecule has 1 saturated heterocycles. The summed E-state index contributed by atoms with van der Waals surface area (Å²) in [6.07, 6.45) is 0.934. The predicted molar refractivity (Wildman–Crippen MR) is 76.3 cm³/mol. The second-order valence-electron chi connectivity index (χ2n) is 4.46. The summed E-state index contributed by atoms with van der Waals surface area (Å²) < 4.78 is 23.6. The van der Waals surface area contributed by atoms with E-state index in [0.29, 0.717) is 5.56 Å². The van der Waals surface area contributed by atoms with Gasteiger partial charge >= 0.3 is 0 Å². The molecule has 1 aliphatic heterocycles. The number of sulfonamides is 1. The monoisotopic (exact) mass is 306 g/mol. The van der Waals surface area contributed by atoms with Crippen LogP contribution in [0.3, 0.4) is 0 Å². The molecule has 0 radical (unpaired) electrons. The third-order valence-corrected chi connectivity index (χ3v) is 3.96. The maximum atomic E-state index is 11.8. The Morgan fingerprint density at radius 1 is 1.05 bits per heavy atom. The molecule has 0 saturated carbocycles. The Hall–Kier alpha value is -1.88. The minimum absolute atomic E-state index is 0.167. The van der Waals surface area contributed by atoms with Crippen LogP contribution in [-0.2, 0) is 10.0 Å². The number of hydrazine groups is 3. The molecule has 0 bridgehead atoms. The van der Waals surface area contributed by atoms with Crippen molar-refractivity contribution in [2.75, 3.05) is 0 Å². The van der Waals surface area contributed by atoms with Crippen LogP contribution in [-0.4, -0.2) is 13.4 Å². The molecule has 1 aromatic carbocycles. The maximum Gasteiger partial charge on any atom is 0.255 e. The van der Waals surface area contributed by atoms with E-state index in [1.54, 1.807) is 6.07 Å². The molecular formula is C12H14N6O2S. The summed E-state index contributed by atoms with van der Waals surface area (Å²) in [4.78, 5) is 3.93. The van der Waals surface area contributed by atoms with Gasteiger partial charge in [0.05, 0.1) is 0 Å². The Morgan fingerprint density at radius 3 is 2.33 bits per heavy atom. The minimum atomic E-state index is -3.95. The van der Waals surface area contributed by atoms with Gasteiger partial charge in [-0.05, 0) is 17.2 Å². The lowest BCUT2D eigenvalue weighted by atomic mass is 10.0. The van der Waals surface area contributed by atoms with Crippen LogP contribution < -0.4 is 27.1 Å². The van der Waals surface area contributed by atoms with E-state index >= 15 is 0 Å². The lowest BCUT2D eigenvalue weighted by molar-refractivity contribution is 0.534. The van der Waals surface area contributed by atoms with Crippen LogP contribution in [0.4, 0.5) is 0 Å². The van der Waals surface area contributed by atoms with E-state index in [0.717, 1.165) is 11.1 Å². The summed E-state index contributed by atoms with van der Waals surface area (Å²) in [6, 6.07) is 11.2. The van der Waals surface area contributed by atoms with Crippen LogP contribution in [0.1, 0.15) is 11.7 Å². The van der Waals surface area contributed by atoms with Crippen LogP contribution in [0, 0.1) is 0 Å². The first-order valence-corrected chi connectivity index (χ1v) is 7.70. The molecule has 0 atom stereocenters. The lowest BCUT2D eigenvalue weighted by Gasteiger charge is -2.17. The zero-order chi connectivity index (χ0) is 14.9. The van der Waals surface area contributed by atoms with Crippen molar-refractivity contribution >= 4 is 10.0 Å². The molecule has 0 aliphatic carbocycles. The average molecular weight is 306 g/mol. The standard InChI is InChI=1S/C12H14N6O2S/c13-21(19,20)12-10(11-15-17-18-16-11)9(6-7-14-12)8-4-2-1-3-5-8/h1-7,11,15-18H,(H2,13,19,20). The maximum absolute atomic E-state index is 11.8. The number of aromatic nitrogens is 1. The van der Waals surface area contributed by atoms with Gasteiger partial charge < -0.3 is 0 Å². The highest BCUT2D eigenvalue weighted by atomic mass is 32.2. The molecule has 6 N–H and O–H groups in total. The van der Waals surface area contributed by atoms with Crippen LogP contribution in [0.5, 0.6) is 0 Å². The summed E-state index contributed by atoms with van der Waals surface area (Å²) in [5.74, 6) is 0. The Kier molecular flexibility index (Phi) is 3.68. The highest BCUT2D eigenvalue weighted by molar-refractivity contribution is 7.89. The number of benzene rings is 1. The molecule has 2 heterocycles. The Balaban J connectivity index is 2.25. The van der Waals surface area contributed by atoms with E-state index in [9.17, 15) is 8.42 Å². The van der Waals surface area contributed by atoms with Crippen LogP contribution in [0.25, 0.3) is 11.1 Å². The molecule has 1 aromatic heterocycles. The number of hydrogen-bond donors (Lipinski definition) is 5. The van der Waals surface area contributed by atoms with Gasteiger partial charge in [-0.1, -0.05) is 30.3 Å². The van der Waals surface area contributed by atoms with Gasteiger partial charge in [0, 0.05) is 11.8 Å². The van der Waals surface area contributed by atoms with E-state index < -0.39 is 16.2 Å². The van der Waals surface area contributed by atoms with Gasteiger partial charge in [-0.3, -0.25) is 0 Å². The molecule has 0 spiro atoms. The predicted octanol–water partition coefficient (Wildman–Crippen LogP) is -0.488. The molecule has 2 aromatic rings. The average Bonchev–Trinajstić information content (AvgIpc) is 3.00. The lowest BCUT2D eigenvalue weighted by Crippen LogP contribution is -2.33. The Morgan fingerprint density at radius 2 is 1.71 bits per heavy atom. The molecule has 9 heteroatoms. The fraction of sp³-hybridized carbons (Fsp3) is 0.0833. The van der Waals surface area contributed by atoms with E-state index in [1.807, 2.05) is 30.3 Å². The van der Waals surface area contributed by atoms with Gasteiger partial charge in [-0.15, -0.1) is 0 Å². The zero-order valence-electron chi connectivity index (χ0n) is 10.9. The molecule has 110 valence electrons. The third kappa shape index (κ3) is 2.78. The quantitative estimate of drug-likeness (QED) is 0.519. The van der Waals surface area contributed by atoms with Gasteiger partial charge in [0.1, 0.15) is 6.17 Å². The molecule has 3 rings (SSSR count). The minimum Gasteiger partial charge on any atom is -0.243 e. The van der Waals surface area contributed by atoms with Crippen molar-refractivity contribution in [1.29, 1.82) is 0 Å². The second-order valence-corrected chi connectivity index (χ2v) is 5.94. The number of hydrogen-bond acceptors (Lipinski definition) is 7. The van der Waals surface area contributed by atoms with Gasteiger partial charge in [-0.2, -0.15) is 11.1 Å². The Labute approximate surface area is 121 Å². The van der Waals surface area contributed by atoms with Gasteiger partial charge in [0.25, 0.3) is 10.0 Å². The summed E-state index contributed by atoms with van der Waals surface area (Å²) in [6.45, 7) is 0. The smallest absolute Gasteiger partial charge is 0.243 e. The summed E-state index contributed by atoms with van der Waals surface area (Å²) >= 11 is 0. The molecule has 0 unspecified atom stereocenters. The highest BCUT2D eigenvalue weighted by Gasteiger charge is 2.28. The molecule has 1 fully saturated rings. The van der Waals surface area contributed by atoms with E-state index in [4.69, 9.17) is 5.14 Å². The fourth-order valence-corrected chi connectivity index (χ4v) is 2.97. The highest BCUT2D eigenvalue weighted by Crippen LogP contribution is 2.30. The largest absolute Gasteiger partial charge is 0.255 e. The summed E-state index contributed by atoms with van der Waals surface area (Å²) in [7, 11) is -3.95. The Bertz CT molecular complexity index is 744. The van der Waals surface area contributed by atoms with Crippen molar-refractivity contribution in [3.63, 3.8) is 0 Å². The number of nitrogens with one attached hydrogen (secondary N) is 4. The van der Waals surface area contributed by atoms with E-state index in [2.05, 4.69) is 26.9 Å². The topological polar surface area (TPSA) is 121 Å². The number of rotatable bonds is 3. The van der Waals surface area contributed by atoms with Crippen molar-refractivity contribution in [2.45, 2.75) is 11.2 Å². The van der Waals surface area contributed by atoms with Crippen molar-refractivity contribution in [3.05, 3.63) is 48.2 Å². The first-order valence-electron chi connectivity index (χ1n) is 6.15. The van der Waals surface area contributed by atoms with Crippen LogP contribution in [0.15, 0.2) is 47.6 Å². The number of primary sulfonamides is 1. The summed E-state index contributed by atoms with van der Waals surface area (Å²) in [5.41, 5.74) is 13.1. The molecular weight excluding hydrogens is 292 g/mol. The summed E-state index contributed by atoms with van der Waals surface area (Å²) in [5, 5.41) is 5.12. The number of nitrogens with two attached hydrogens (primary N) is 1. The molecule has 1 aliphatic rings. The third-order valence-electron chi connectivity index (χ3n) is 3.09. The first-order chi connectivity index (χ1) is 10.1. The normalized spacial score (nSPS) is 16.2. The van der Waals surface area contributed by atoms with E-state index in [-0.39, 0.29) is 5.03 Å². The number of nitrogens with zero attached hydrogens (tertiary/aromatic N) is 1. The van der Waals surface area contributed by atoms with Gasteiger partial charge in [0.15, 0.2) is 5.03 Å². The number of pyridine rings is 1. The van der Waals surface area contributed by atoms with Crippen LogP contribution in [0.2, 0.25) is 0 Å². The molecule has 8 nitrogen and oxygen atoms in total. The van der Waals surface area contributed by atoms with Crippen LogP contribution >= 0.6 is 0 Å². The second kappa shape index (κ2) is 5.48. The van der Waals surface area contributed by atoms with Gasteiger partial charge in [-0.25, -0.2) is 29.4 Å². The zero-order valence-corrected chi connectivity index (χ0v) is 11.7. The first kappa shape index (κ1) is 14.1. The van der Waals surface area contributed by atoms with Crippen molar-refractivity contribution in [1.82, 2.24) is 26.9 Å². The van der Waals surface area contributed by atoms with E-state index in [1.165, 1.54) is 6.20 Å². The van der Waals surface area contributed by atoms with Crippen molar-refractivity contribution in [2.24, 2.45) is 5.14 Å².